The first-order valence-corrected chi connectivity index (χ1v) is 18.3. The van der Waals surface area contributed by atoms with E-state index in [1.54, 1.807) is 0 Å². The molecule has 23 heteroatoms. The molecule has 7 heterocycles. The summed E-state index contributed by atoms with van der Waals surface area (Å²) in [6.45, 7) is -9.05. The summed E-state index contributed by atoms with van der Waals surface area (Å²) >= 11 is 9.38. The molecule has 9 atom stereocenters. The van der Waals surface area contributed by atoms with E-state index in [0.29, 0.717) is 0 Å². The molecule has 2 unspecified atom stereocenters. The van der Waals surface area contributed by atoms with Crippen molar-refractivity contribution < 1.29 is 46.9 Å². The largest absolute Gasteiger partial charge is 0.386 e. The van der Waals surface area contributed by atoms with Crippen LogP contribution in [0.1, 0.15) is 35.8 Å². The highest BCUT2D eigenvalue weighted by Gasteiger charge is 2.51. The number of hydrogen-bond acceptors (Lipinski definition) is 16. The lowest BCUT2D eigenvalue weighted by Gasteiger charge is -2.27. The predicted octanol–water partition coefficient (Wildman–Crippen LogP) is 0.505. The van der Waals surface area contributed by atoms with Gasteiger partial charge in [-0.15, -0.1) is 0 Å². The first kappa shape index (κ1) is 30.3. The van der Waals surface area contributed by atoms with Gasteiger partial charge in [-0.1, -0.05) is 12.2 Å². The fourth-order valence-electron chi connectivity index (χ4n) is 5.41. The Morgan fingerprint density at radius 1 is 1.09 bits per heavy atom. The molecule has 3 aromatic rings. The number of aliphatic hydroxyl groups excluding tert-OH is 1. The number of aromatic nitrogens is 6. The number of nitrogen functional groups attached to an aromatic ring is 1. The smallest absolute Gasteiger partial charge is 0.386 e. The molecule has 19 nitrogen and oxygen atoms in total. The highest BCUT2D eigenvalue weighted by molar-refractivity contribution is 8.44. The first-order chi connectivity index (χ1) is 20.9. The number of carbonyl (C=O) groups excluding carboxylic acids is 1. The predicted molar refractivity (Wildman–Crippen MR) is 155 cm³/mol. The van der Waals surface area contributed by atoms with Crippen LogP contribution in [0.25, 0.3) is 11.2 Å². The van der Waals surface area contributed by atoms with E-state index in [4.69, 9.17) is 45.1 Å². The molecule has 7 rings (SSSR count). The van der Waals surface area contributed by atoms with Gasteiger partial charge in [-0.2, -0.15) is 4.98 Å². The molecule has 2 bridgehead atoms. The van der Waals surface area contributed by atoms with E-state index in [-0.39, 0.29) is 53.9 Å². The molecule has 0 saturated carbocycles. The maximum Gasteiger partial charge on any atom is 0.386 e. The zero-order valence-electron chi connectivity index (χ0n) is 22.2. The van der Waals surface area contributed by atoms with E-state index < -0.39 is 68.7 Å². The van der Waals surface area contributed by atoms with E-state index in [9.17, 15) is 24.2 Å². The Kier molecular flexibility index (Phi) is 7.67. The standard InChI is InChI=1S/C21H24N8O11P2S2/c22-21-26-17-13(18(32)27-21)25-7-29(17)19-10-3-8(37-19)4-35-42(34,44)40-15-11(5-36-41(33,43)39-10)38-20(14(15)31)28-6-24-12-9(30)1-2-23-16(12)28/h2,6-8,10-11,14-15,19-20,31H,1,3-5H2,(H,33,43)(H,34,44)(H3,22,26,27,32)/t8-,10+,11+,14+,15+,19+,20+,41?,42?/m0/s1. The number of H-pyrrole nitrogens is 1. The number of Topliss-reactive ketones (excluding diaryl/α,β-unsaturated/α-hetero) is 1. The van der Waals surface area contributed by atoms with Crippen LogP contribution in [0.15, 0.2) is 22.4 Å². The number of ether oxygens (including phenoxy) is 2. The molecule has 3 fully saturated rings. The van der Waals surface area contributed by atoms with E-state index in [0.717, 1.165) is 0 Å². The van der Waals surface area contributed by atoms with Gasteiger partial charge in [0, 0.05) is 19.1 Å². The Morgan fingerprint density at radius 3 is 2.70 bits per heavy atom. The normalized spacial score (nSPS) is 37.7. The fourth-order valence-corrected chi connectivity index (χ4v) is 8.37. The van der Waals surface area contributed by atoms with E-state index in [1.165, 1.54) is 28.0 Å². The summed E-state index contributed by atoms with van der Waals surface area (Å²) in [6, 6.07) is 0. The zero-order valence-corrected chi connectivity index (χ0v) is 25.7. The van der Waals surface area contributed by atoms with Gasteiger partial charge in [0.25, 0.3) is 5.56 Å². The van der Waals surface area contributed by atoms with Crippen molar-refractivity contribution in [2.75, 3.05) is 18.9 Å². The number of carbonyl (C=O) groups is 1. The zero-order chi connectivity index (χ0) is 31.0. The molecular weight excluding hydrogens is 666 g/mol. The Hall–Kier alpha value is -2.39. The lowest BCUT2D eigenvalue weighted by atomic mass is 10.1. The van der Waals surface area contributed by atoms with Crippen LogP contribution in [0.5, 0.6) is 0 Å². The van der Waals surface area contributed by atoms with Crippen LogP contribution in [0.3, 0.4) is 0 Å². The van der Waals surface area contributed by atoms with Gasteiger partial charge in [0.05, 0.1) is 32.0 Å². The molecule has 0 spiro atoms. The number of nitrogens with zero attached hydrogens (tertiary/aromatic N) is 6. The van der Waals surface area contributed by atoms with Crippen LogP contribution in [-0.4, -0.2) is 94.8 Å². The number of thiol groups is 1. The highest BCUT2D eigenvalue weighted by Crippen LogP contribution is 2.58. The van der Waals surface area contributed by atoms with Gasteiger partial charge in [0.2, 0.25) is 5.95 Å². The third-order valence-electron chi connectivity index (χ3n) is 7.32. The summed E-state index contributed by atoms with van der Waals surface area (Å²) in [6.07, 6.45) is -3.97. The summed E-state index contributed by atoms with van der Waals surface area (Å²) in [5.41, 5.74) is 5.30. The topological polar surface area (TPSA) is 250 Å². The van der Waals surface area contributed by atoms with Gasteiger partial charge in [0.1, 0.15) is 24.4 Å². The third kappa shape index (κ3) is 5.50. The molecule has 4 aliphatic heterocycles. The molecule has 0 radical (unpaired) electrons. The lowest BCUT2D eigenvalue weighted by Crippen LogP contribution is -2.36. The Labute approximate surface area is 256 Å². The molecular formula is C21H24N8O11P2S2. The molecule has 0 aromatic carbocycles. The lowest BCUT2D eigenvalue weighted by molar-refractivity contribution is -0.0586. The second-order valence-corrected chi connectivity index (χ2v) is 15.9. The van der Waals surface area contributed by atoms with E-state index >= 15 is 0 Å². The number of hydrogen-bond donors (Lipinski definition) is 5. The molecule has 44 heavy (non-hydrogen) atoms. The molecule has 0 amide bonds. The number of fused-ring (bicyclic) bond motifs is 5. The SMILES string of the molecule is Nc1nc2c(ncn2[C@@H]2O[C@@H]3COP(O)(=S)O[C@H]4[C@@H](O)[C@H](n5cnc6c5N=CCC6=O)O[C@@H]4COP(=O)(S)O[C@@H]2C3)c(=O)[nH]1. The highest BCUT2D eigenvalue weighted by atomic mass is 32.7. The summed E-state index contributed by atoms with van der Waals surface area (Å²) < 4.78 is 51.0. The van der Waals surface area contributed by atoms with Gasteiger partial charge in [-0.25, -0.2) is 19.5 Å². The van der Waals surface area contributed by atoms with Crippen molar-refractivity contribution >= 4 is 72.5 Å². The molecule has 3 aromatic heterocycles. The van der Waals surface area contributed by atoms with Crippen molar-refractivity contribution in [2.24, 2.45) is 4.99 Å². The minimum atomic E-state index is -4.18. The number of rotatable bonds is 2. The number of aliphatic imine (C=N–C) groups is 1. The van der Waals surface area contributed by atoms with Crippen molar-refractivity contribution in [1.82, 2.24) is 29.1 Å². The minimum Gasteiger partial charge on any atom is -0.386 e. The van der Waals surface area contributed by atoms with Crippen LogP contribution in [-0.2, 0) is 43.9 Å². The van der Waals surface area contributed by atoms with Gasteiger partial charge in [-0.3, -0.25) is 37.3 Å². The Bertz CT molecular complexity index is 1830. The molecule has 4 aliphatic rings. The van der Waals surface area contributed by atoms with Crippen LogP contribution < -0.4 is 11.3 Å². The average molecular weight is 691 g/mol. The number of imidazole rings is 2. The maximum atomic E-state index is 13.5. The first-order valence-electron chi connectivity index (χ1n) is 13.0. The van der Waals surface area contributed by atoms with Crippen molar-refractivity contribution in [3.8, 4) is 0 Å². The quantitative estimate of drug-likeness (QED) is 0.181. The van der Waals surface area contributed by atoms with Crippen molar-refractivity contribution in [1.29, 1.82) is 0 Å². The summed E-state index contributed by atoms with van der Waals surface area (Å²) in [5.74, 6) is -0.266. The number of nitrogens with two attached hydrogens (primary N) is 1. The summed E-state index contributed by atoms with van der Waals surface area (Å²) in [7, 11) is 0. The monoisotopic (exact) mass is 690 g/mol. The van der Waals surface area contributed by atoms with Gasteiger partial charge < -0.3 is 29.7 Å². The van der Waals surface area contributed by atoms with Crippen molar-refractivity contribution in [3.05, 3.63) is 28.7 Å². The van der Waals surface area contributed by atoms with Crippen LogP contribution in [0.4, 0.5) is 11.8 Å². The van der Waals surface area contributed by atoms with Crippen LogP contribution >= 0.6 is 25.8 Å². The number of nitrogens with one attached hydrogen (secondary N) is 1. The minimum absolute atomic E-state index is 0.0213. The molecule has 236 valence electrons. The fraction of sp³-hybridized carbons (Fsp3) is 0.524. The molecule has 5 N–H and O–H groups in total. The number of aromatic amines is 1. The molecule has 0 aliphatic carbocycles. The van der Waals surface area contributed by atoms with E-state index in [1.807, 2.05) is 0 Å². The molecule has 3 saturated heterocycles. The third-order valence-corrected chi connectivity index (χ3v) is 10.5. The van der Waals surface area contributed by atoms with Gasteiger partial charge in [0.15, 0.2) is 40.9 Å². The second kappa shape index (κ2) is 11.1. The number of aliphatic hydroxyl groups is 1. The average Bonchev–Trinajstić information content (AvgIpc) is 3.72. The Morgan fingerprint density at radius 2 is 1.89 bits per heavy atom. The van der Waals surface area contributed by atoms with Gasteiger partial charge in [-0.05, 0) is 11.8 Å². The van der Waals surface area contributed by atoms with Gasteiger partial charge >= 0.3 is 13.5 Å². The number of anilines is 1. The Balaban J connectivity index is 1.18. The summed E-state index contributed by atoms with van der Waals surface area (Å²) in [5, 5.41) is 11.2. The second-order valence-electron chi connectivity index (χ2n) is 10.2. The van der Waals surface area contributed by atoms with Crippen LogP contribution in [0, 0.1) is 0 Å². The van der Waals surface area contributed by atoms with Crippen molar-refractivity contribution in [2.45, 2.75) is 55.8 Å². The van der Waals surface area contributed by atoms with Crippen LogP contribution in [0.2, 0.25) is 0 Å². The number of ketones is 1. The van der Waals surface area contributed by atoms with E-state index in [2.05, 4.69) is 37.2 Å². The summed E-state index contributed by atoms with van der Waals surface area (Å²) in [4.78, 5) is 54.4. The maximum absolute atomic E-state index is 13.5. The van der Waals surface area contributed by atoms with Crippen molar-refractivity contribution in [3.63, 3.8) is 0 Å².